The summed E-state index contributed by atoms with van der Waals surface area (Å²) in [6.07, 6.45) is 1.56. The van der Waals surface area contributed by atoms with E-state index >= 15 is 0 Å². The minimum atomic E-state index is 0.0545. The van der Waals surface area contributed by atoms with E-state index in [-0.39, 0.29) is 12.6 Å². The fourth-order valence-corrected chi connectivity index (χ4v) is 4.32. The lowest BCUT2D eigenvalue weighted by Gasteiger charge is -2.07. The smallest absolute Gasteiger partial charge is 0.231 e. The highest BCUT2D eigenvalue weighted by Gasteiger charge is 2.14. The van der Waals surface area contributed by atoms with Crippen molar-refractivity contribution in [2.75, 3.05) is 12.1 Å². The van der Waals surface area contributed by atoms with E-state index in [9.17, 15) is 4.79 Å². The average Bonchev–Trinajstić information content (AvgIpc) is 3.39. The van der Waals surface area contributed by atoms with Gasteiger partial charge in [-0.1, -0.05) is 24.3 Å². The molecule has 0 saturated carbocycles. The Labute approximate surface area is 171 Å². The lowest BCUT2D eigenvalue weighted by atomic mass is 10.1. The molecule has 6 nitrogen and oxygen atoms in total. The molecule has 0 atom stereocenters. The van der Waals surface area contributed by atoms with Gasteiger partial charge in [0.2, 0.25) is 6.79 Å². The second-order valence-electron chi connectivity index (χ2n) is 6.73. The van der Waals surface area contributed by atoms with E-state index in [1.165, 1.54) is 0 Å². The number of fused-ring (bicyclic) bond motifs is 2. The fourth-order valence-electron chi connectivity index (χ4n) is 3.25. The molecule has 3 heterocycles. The normalized spacial score (nSPS) is 12.3. The monoisotopic (exact) mass is 403 g/mol. The van der Waals surface area contributed by atoms with E-state index in [4.69, 9.17) is 9.47 Å². The Hall–Kier alpha value is -3.45. The molecule has 0 spiro atoms. The minimum absolute atomic E-state index is 0.0545. The summed E-state index contributed by atoms with van der Waals surface area (Å²) >= 11 is 1.61. The molecule has 0 amide bonds. The van der Waals surface area contributed by atoms with Crippen molar-refractivity contribution in [2.45, 2.75) is 13.5 Å². The molecule has 2 aromatic heterocycles. The van der Waals surface area contributed by atoms with Crippen molar-refractivity contribution in [3.63, 3.8) is 0 Å². The Balaban J connectivity index is 1.43. The third-order valence-corrected chi connectivity index (χ3v) is 5.94. The van der Waals surface area contributed by atoms with Crippen molar-refractivity contribution in [3.05, 3.63) is 66.0 Å². The van der Waals surface area contributed by atoms with E-state index in [0.29, 0.717) is 12.1 Å². The number of carbonyl (C=O) groups is 1. The first kappa shape index (κ1) is 17.6. The van der Waals surface area contributed by atoms with Gasteiger partial charge in [-0.3, -0.25) is 4.79 Å². The maximum absolute atomic E-state index is 11.7. The average molecular weight is 403 g/mol. The number of thiophene rings is 1. The largest absolute Gasteiger partial charge is 0.454 e. The molecule has 5 rings (SSSR count). The summed E-state index contributed by atoms with van der Waals surface area (Å²) in [7, 11) is 0. The van der Waals surface area contributed by atoms with Gasteiger partial charge in [-0.05, 0) is 42.3 Å². The van der Waals surface area contributed by atoms with Gasteiger partial charge in [0.25, 0.3) is 0 Å². The topological polar surface area (TPSA) is 73.3 Å². The van der Waals surface area contributed by atoms with Gasteiger partial charge in [0.15, 0.2) is 17.3 Å². The number of Topliss-reactive ketones (excluding diaryl/α,β-unsaturated/α-hetero) is 1. The van der Waals surface area contributed by atoms with Gasteiger partial charge < -0.3 is 14.8 Å². The second-order valence-corrected chi connectivity index (χ2v) is 7.78. The first-order chi connectivity index (χ1) is 14.2. The summed E-state index contributed by atoms with van der Waals surface area (Å²) in [4.78, 5) is 21.6. The highest BCUT2D eigenvalue weighted by Crippen LogP contribution is 2.36. The van der Waals surface area contributed by atoms with Crippen LogP contribution in [-0.4, -0.2) is 22.5 Å². The van der Waals surface area contributed by atoms with Gasteiger partial charge in [-0.25, -0.2) is 9.97 Å². The zero-order valence-corrected chi connectivity index (χ0v) is 16.5. The summed E-state index contributed by atoms with van der Waals surface area (Å²) in [5.41, 5.74) is 3.66. The van der Waals surface area contributed by atoms with Crippen LogP contribution in [0.2, 0.25) is 0 Å². The van der Waals surface area contributed by atoms with Gasteiger partial charge in [-0.2, -0.15) is 0 Å². The molecular formula is C22H17N3O3S. The molecule has 0 aliphatic carbocycles. The van der Waals surface area contributed by atoms with E-state index in [1.807, 2.05) is 48.5 Å². The van der Waals surface area contributed by atoms with Crippen LogP contribution in [-0.2, 0) is 6.54 Å². The van der Waals surface area contributed by atoms with E-state index in [2.05, 4.69) is 15.3 Å². The van der Waals surface area contributed by atoms with Crippen molar-refractivity contribution in [2.24, 2.45) is 0 Å². The molecule has 0 fully saturated rings. The van der Waals surface area contributed by atoms with Crippen LogP contribution in [0.25, 0.3) is 20.7 Å². The summed E-state index contributed by atoms with van der Waals surface area (Å²) in [6.45, 7) is 2.45. The highest BCUT2D eigenvalue weighted by molar-refractivity contribution is 7.22. The first-order valence-electron chi connectivity index (χ1n) is 9.16. The maximum atomic E-state index is 11.7. The zero-order chi connectivity index (χ0) is 19.8. The third-order valence-electron chi connectivity index (χ3n) is 4.76. The number of benzene rings is 2. The highest BCUT2D eigenvalue weighted by atomic mass is 32.1. The molecule has 144 valence electrons. The number of rotatable bonds is 5. The third kappa shape index (κ3) is 3.40. The van der Waals surface area contributed by atoms with Crippen LogP contribution in [0.15, 0.2) is 54.9 Å². The molecule has 1 N–H and O–H groups in total. The molecule has 7 heteroatoms. The molecule has 1 aliphatic heterocycles. The predicted molar refractivity (Wildman–Crippen MR) is 113 cm³/mol. The SMILES string of the molecule is CC(=O)c1cccc(-c2cc3ncnc(NCc4ccc5c(c4)OCO5)c3s2)c1. The number of hydrogen-bond donors (Lipinski definition) is 1. The Bertz CT molecular complexity index is 1240. The fraction of sp³-hybridized carbons (Fsp3) is 0.136. The molecular weight excluding hydrogens is 386 g/mol. The Morgan fingerprint density at radius 2 is 2.00 bits per heavy atom. The maximum Gasteiger partial charge on any atom is 0.231 e. The van der Waals surface area contributed by atoms with Crippen LogP contribution in [0.5, 0.6) is 11.5 Å². The van der Waals surface area contributed by atoms with Crippen molar-refractivity contribution >= 4 is 33.2 Å². The first-order valence-corrected chi connectivity index (χ1v) is 9.97. The Kier molecular flexibility index (Phi) is 4.37. The lowest BCUT2D eigenvalue weighted by molar-refractivity contribution is 0.101. The number of ketones is 1. The molecule has 0 radical (unpaired) electrons. The van der Waals surface area contributed by atoms with Crippen LogP contribution in [0.1, 0.15) is 22.8 Å². The summed E-state index contributed by atoms with van der Waals surface area (Å²) in [5, 5.41) is 3.40. The number of hydrogen-bond acceptors (Lipinski definition) is 7. The number of nitrogens with zero attached hydrogens (tertiary/aromatic N) is 2. The molecule has 0 bridgehead atoms. The van der Waals surface area contributed by atoms with Gasteiger partial charge in [-0.15, -0.1) is 11.3 Å². The van der Waals surface area contributed by atoms with Gasteiger partial charge in [0.1, 0.15) is 12.1 Å². The molecule has 0 saturated heterocycles. The van der Waals surface area contributed by atoms with Gasteiger partial charge in [0, 0.05) is 17.0 Å². The molecule has 2 aromatic carbocycles. The van der Waals surface area contributed by atoms with E-state index in [0.717, 1.165) is 43.5 Å². The van der Waals surface area contributed by atoms with Crippen molar-refractivity contribution in [3.8, 4) is 21.9 Å². The quantitative estimate of drug-likeness (QED) is 0.478. The van der Waals surface area contributed by atoms with Crippen molar-refractivity contribution in [1.82, 2.24) is 9.97 Å². The van der Waals surface area contributed by atoms with Crippen LogP contribution in [0, 0.1) is 0 Å². The number of nitrogens with one attached hydrogen (secondary N) is 1. The number of carbonyl (C=O) groups excluding carboxylic acids is 1. The predicted octanol–water partition coefficient (Wildman–Crippen LogP) is 4.90. The number of aromatic nitrogens is 2. The second kappa shape index (κ2) is 7.18. The zero-order valence-electron chi connectivity index (χ0n) is 15.6. The molecule has 29 heavy (non-hydrogen) atoms. The minimum Gasteiger partial charge on any atom is -0.454 e. The molecule has 4 aromatic rings. The summed E-state index contributed by atoms with van der Waals surface area (Å²) < 4.78 is 11.8. The summed E-state index contributed by atoms with van der Waals surface area (Å²) in [6, 6.07) is 15.6. The van der Waals surface area contributed by atoms with E-state index in [1.54, 1.807) is 24.6 Å². The van der Waals surface area contributed by atoms with Crippen LogP contribution < -0.4 is 14.8 Å². The summed E-state index contributed by atoms with van der Waals surface area (Å²) in [5.74, 6) is 2.38. The number of anilines is 1. The Morgan fingerprint density at radius 1 is 1.10 bits per heavy atom. The van der Waals surface area contributed by atoms with Gasteiger partial charge >= 0.3 is 0 Å². The molecule has 1 aliphatic rings. The van der Waals surface area contributed by atoms with Crippen molar-refractivity contribution < 1.29 is 14.3 Å². The van der Waals surface area contributed by atoms with Crippen LogP contribution in [0.4, 0.5) is 5.82 Å². The van der Waals surface area contributed by atoms with Crippen LogP contribution >= 0.6 is 11.3 Å². The molecule has 0 unspecified atom stereocenters. The Morgan fingerprint density at radius 3 is 2.90 bits per heavy atom. The number of ether oxygens (including phenoxy) is 2. The van der Waals surface area contributed by atoms with Crippen molar-refractivity contribution in [1.29, 1.82) is 0 Å². The van der Waals surface area contributed by atoms with Crippen LogP contribution in [0.3, 0.4) is 0 Å². The van der Waals surface area contributed by atoms with Gasteiger partial charge in [0.05, 0.1) is 10.2 Å². The lowest BCUT2D eigenvalue weighted by Crippen LogP contribution is -2.01. The standard InChI is InChI=1S/C22H17N3O3S/c1-13(26)15-3-2-4-16(8-15)20-9-17-21(29-20)22(25-11-24-17)23-10-14-5-6-18-19(7-14)28-12-27-18/h2-9,11H,10,12H2,1H3,(H,23,24,25). The van der Waals surface area contributed by atoms with E-state index < -0.39 is 0 Å².